The van der Waals surface area contributed by atoms with Crippen molar-refractivity contribution in [1.29, 1.82) is 0 Å². The van der Waals surface area contributed by atoms with Crippen LogP contribution < -0.4 is 10.8 Å². The smallest absolute Gasteiger partial charge is 0.268 e. The Labute approximate surface area is 159 Å². The van der Waals surface area contributed by atoms with E-state index in [0.717, 1.165) is 17.5 Å². The Kier molecular flexibility index (Phi) is 7.52. The van der Waals surface area contributed by atoms with E-state index in [0.29, 0.717) is 5.56 Å². The van der Waals surface area contributed by atoms with Crippen LogP contribution in [-0.4, -0.2) is 34.3 Å². The largest absolute Gasteiger partial charge is 0.391 e. The number of aryl methyl sites for hydroxylation is 1. The van der Waals surface area contributed by atoms with Crippen molar-refractivity contribution in [3.05, 3.63) is 59.7 Å². The van der Waals surface area contributed by atoms with Gasteiger partial charge in [0.25, 0.3) is 11.8 Å². The predicted molar refractivity (Wildman–Crippen MR) is 103 cm³/mol. The molecule has 2 aromatic rings. The van der Waals surface area contributed by atoms with Gasteiger partial charge in [0.15, 0.2) is 0 Å². The summed E-state index contributed by atoms with van der Waals surface area (Å²) >= 11 is 0. The van der Waals surface area contributed by atoms with Gasteiger partial charge in [-0.25, -0.2) is 5.48 Å². The van der Waals surface area contributed by atoms with Gasteiger partial charge in [-0.05, 0) is 48.6 Å². The summed E-state index contributed by atoms with van der Waals surface area (Å²) in [6.45, 7) is 3.53. The van der Waals surface area contributed by atoms with Crippen LogP contribution in [0.15, 0.2) is 48.5 Å². The van der Waals surface area contributed by atoms with Gasteiger partial charge in [-0.15, -0.1) is 0 Å². The average molecular weight is 370 g/mol. The molecule has 27 heavy (non-hydrogen) atoms. The maximum absolute atomic E-state index is 12.3. The normalized spacial score (nSPS) is 12.9. The number of benzene rings is 2. The van der Waals surface area contributed by atoms with E-state index in [2.05, 4.69) is 36.5 Å². The SMILES string of the molecule is CCCCc1ccc(-c2ccc(C(=O)N[C@H](C(=O)NO)[C@@H](C)O)cc2)cc1. The molecule has 144 valence electrons. The van der Waals surface area contributed by atoms with E-state index in [1.807, 2.05) is 12.1 Å². The fourth-order valence-electron chi connectivity index (χ4n) is 2.76. The van der Waals surface area contributed by atoms with E-state index in [9.17, 15) is 14.7 Å². The lowest BCUT2D eigenvalue weighted by molar-refractivity contribution is -0.133. The average Bonchev–Trinajstić information content (AvgIpc) is 2.70. The number of aliphatic hydroxyl groups excluding tert-OH is 1. The van der Waals surface area contributed by atoms with Crippen LogP contribution in [0.25, 0.3) is 11.1 Å². The lowest BCUT2D eigenvalue weighted by Crippen LogP contribution is -2.51. The molecular weight excluding hydrogens is 344 g/mol. The monoisotopic (exact) mass is 370 g/mol. The topological polar surface area (TPSA) is 98.7 Å². The van der Waals surface area contributed by atoms with Crippen LogP contribution >= 0.6 is 0 Å². The number of hydrogen-bond acceptors (Lipinski definition) is 4. The Balaban J connectivity index is 2.07. The molecule has 2 amide bonds. The van der Waals surface area contributed by atoms with E-state index < -0.39 is 24.0 Å². The number of hydrogen-bond donors (Lipinski definition) is 4. The Bertz CT molecular complexity index is 755. The van der Waals surface area contributed by atoms with Gasteiger partial charge in [-0.2, -0.15) is 0 Å². The molecule has 6 heteroatoms. The summed E-state index contributed by atoms with van der Waals surface area (Å²) in [5, 5.41) is 20.7. The number of carbonyl (C=O) groups is 2. The molecule has 2 aromatic carbocycles. The third-order valence-electron chi connectivity index (χ3n) is 4.42. The van der Waals surface area contributed by atoms with Gasteiger partial charge in [0, 0.05) is 5.56 Å². The van der Waals surface area contributed by atoms with Gasteiger partial charge >= 0.3 is 0 Å². The van der Waals surface area contributed by atoms with Crippen molar-refractivity contribution < 1.29 is 19.9 Å². The molecule has 0 aromatic heterocycles. The first-order valence-corrected chi connectivity index (χ1v) is 9.08. The molecule has 0 saturated carbocycles. The molecule has 0 aliphatic rings. The first-order valence-electron chi connectivity index (χ1n) is 9.08. The molecule has 0 heterocycles. The van der Waals surface area contributed by atoms with Gasteiger partial charge in [-0.3, -0.25) is 14.8 Å². The zero-order valence-electron chi connectivity index (χ0n) is 15.6. The molecule has 6 nitrogen and oxygen atoms in total. The number of amides is 2. The van der Waals surface area contributed by atoms with Crippen molar-refractivity contribution in [3.8, 4) is 11.1 Å². The number of nitrogens with one attached hydrogen (secondary N) is 2. The van der Waals surface area contributed by atoms with Crippen LogP contribution in [0.2, 0.25) is 0 Å². The van der Waals surface area contributed by atoms with Gasteiger partial charge in [0.2, 0.25) is 0 Å². The van der Waals surface area contributed by atoms with Gasteiger partial charge < -0.3 is 10.4 Å². The highest BCUT2D eigenvalue weighted by Crippen LogP contribution is 2.21. The minimum Gasteiger partial charge on any atom is -0.391 e. The van der Waals surface area contributed by atoms with Crippen LogP contribution in [0.5, 0.6) is 0 Å². The van der Waals surface area contributed by atoms with Crippen molar-refractivity contribution >= 4 is 11.8 Å². The van der Waals surface area contributed by atoms with Crippen LogP contribution in [-0.2, 0) is 11.2 Å². The molecule has 0 bridgehead atoms. The van der Waals surface area contributed by atoms with Crippen molar-refractivity contribution in [2.24, 2.45) is 0 Å². The zero-order valence-corrected chi connectivity index (χ0v) is 15.6. The first-order chi connectivity index (χ1) is 13.0. The lowest BCUT2D eigenvalue weighted by atomic mass is 10.0. The summed E-state index contributed by atoms with van der Waals surface area (Å²) in [5.41, 5.74) is 5.14. The highest BCUT2D eigenvalue weighted by molar-refractivity contribution is 5.97. The van der Waals surface area contributed by atoms with Crippen LogP contribution in [0, 0.1) is 0 Å². The standard InChI is InChI=1S/C21H26N2O4/c1-3-4-5-15-6-8-16(9-7-15)17-10-12-18(13-11-17)20(25)22-19(14(2)24)21(26)23-27/h6-14,19,24,27H,3-5H2,1-2H3,(H,22,25)(H,23,26)/t14-,19+/m1/s1. The Morgan fingerprint density at radius 3 is 2.04 bits per heavy atom. The summed E-state index contributed by atoms with van der Waals surface area (Å²) in [6.07, 6.45) is 2.26. The first kappa shape index (κ1) is 20.6. The molecule has 0 fully saturated rings. The third-order valence-corrected chi connectivity index (χ3v) is 4.42. The van der Waals surface area contributed by atoms with E-state index in [1.165, 1.54) is 30.8 Å². The quantitative estimate of drug-likeness (QED) is 0.424. The minimum atomic E-state index is -1.24. The van der Waals surface area contributed by atoms with Crippen molar-refractivity contribution in [3.63, 3.8) is 0 Å². The number of aliphatic hydroxyl groups is 1. The number of hydroxylamine groups is 1. The predicted octanol–water partition coefficient (Wildman–Crippen LogP) is 2.68. The fourth-order valence-corrected chi connectivity index (χ4v) is 2.76. The Morgan fingerprint density at radius 1 is 1.00 bits per heavy atom. The van der Waals surface area contributed by atoms with Crippen LogP contribution in [0.4, 0.5) is 0 Å². The van der Waals surface area contributed by atoms with Crippen molar-refractivity contribution in [2.75, 3.05) is 0 Å². The van der Waals surface area contributed by atoms with Crippen molar-refractivity contribution in [2.45, 2.75) is 45.3 Å². The Morgan fingerprint density at radius 2 is 1.56 bits per heavy atom. The molecular formula is C21H26N2O4. The van der Waals surface area contributed by atoms with Gasteiger partial charge in [0.1, 0.15) is 6.04 Å². The summed E-state index contributed by atoms with van der Waals surface area (Å²) < 4.78 is 0. The number of rotatable bonds is 8. The van der Waals surface area contributed by atoms with Crippen molar-refractivity contribution in [1.82, 2.24) is 10.8 Å². The molecule has 0 saturated heterocycles. The van der Waals surface area contributed by atoms with Crippen LogP contribution in [0.3, 0.4) is 0 Å². The summed E-state index contributed by atoms with van der Waals surface area (Å²) in [7, 11) is 0. The molecule has 4 N–H and O–H groups in total. The molecule has 0 spiro atoms. The van der Waals surface area contributed by atoms with Gasteiger partial charge in [-0.1, -0.05) is 49.7 Å². The maximum atomic E-state index is 12.3. The highest BCUT2D eigenvalue weighted by Gasteiger charge is 2.25. The van der Waals surface area contributed by atoms with E-state index >= 15 is 0 Å². The van der Waals surface area contributed by atoms with Crippen LogP contribution in [0.1, 0.15) is 42.6 Å². The maximum Gasteiger partial charge on any atom is 0.268 e. The second-order valence-corrected chi connectivity index (χ2v) is 6.55. The summed E-state index contributed by atoms with van der Waals surface area (Å²) in [5.74, 6) is -1.39. The number of carbonyl (C=O) groups excluding carboxylic acids is 2. The van der Waals surface area contributed by atoms with E-state index in [1.54, 1.807) is 12.1 Å². The zero-order chi connectivity index (χ0) is 19.8. The molecule has 0 radical (unpaired) electrons. The highest BCUT2D eigenvalue weighted by atomic mass is 16.5. The second-order valence-electron chi connectivity index (χ2n) is 6.55. The van der Waals surface area contributed by atoms with E-state index in [4.69, 9.17) is 5.21 Å². The molecule has 0 aliphatic heterocycles. The molecule has 0 unspecified atom stereocenters. The summed E-state index contributed by atoms with van der Waals surface area (Å²) in [6, 6.07) is 14.1. The second kappa shape index (κ2) is 9.85. The number of unbranched alkanes of at least 4 members (excludes halogenated alkanes) is 1. The third kappa shape index (κ3) is 5.64. The molecule has 2 rings (SSSR count). The van der Waals surface area contributed by atoms with E-state index in [-0.39, 0.29) is 0 Å². The minimum absolute atomic E-state index is 0.356. The van der Waals surface area contributed by atoms with Gasteiger partial charge in [0.05, 0.1) is 6.10 Å². The molecule has 2 atom stereocenters. The summed E-state index contributed by atoms with van der Waals surface area (Å²) in [4.78, 5) is 23.8. The lowest BCUT2D eigenvalue weighted by Gasteiger charge is -2.19. The fraction of sp³-hybridized carbons (Fsp3) is 0.333. The molecule has 0 aliphatic carbocycles. The Hall–Kier alpha value is -2.70.